The van der Waals surface area contributed by atoms with Gasteiger partial charge in [0.25, 0.3) is 0 Å². The molecule has 9 aromatic carbocycles. The molecule has 0 aliphatic heterocycles. The molecule has 0 aromatic heterocycles. The zero-order chi connectivity index (χ0) is 81.0. The Labute approximate surface area is 652 Å². The molecule has 0 saturated heterocycles. The van der Waals surface area contributed by atoms with Crippen LogP contribution in [0.5, 0.6) is 0 Å². The van der Waals surface area contributed by atoms with E-state index in [0.29, 0.717) is 32.7 Å². The first-order chi connectivity index (χ1) is 50.2. The Morgan fingerprint density at radius 1 is 0.324 bits per heavy atom. The zero-order valence-corrected chi connectivity index (χ0v) is 71.3. The zero-order valence-electron chi connectivity index (χ0n) is 69.7. The number of hydrogen-bond acceptors (Lipinski definition) is 12. The van der Waals surface area contributed by atoms with E-state index < -0.39 is 53.0 Å². The Morgan fingerprint density at radius 3 is 0.815 bits per heavy atom. The number of halogens is 1. The molecule has 0 saturated carbocycles. The van der Waals surface area contributed by atoms with Gasteiger partial charge < -0.3 is 45.2 Å². The first kappa shape index (κ1) is 86.1. The van der Waals surface area contributed by atoms with Crippen molar-refractivity contribution in [2.24, 2.45) is 0 Å². The van der Waals surface area contributed by atoms with Gasteiger partial charge in [0, 0.05) is 50.5 Å². The normalized spacial score (nSPS) is 12.4. The lowest BCUT2D eigenvalue weighted by Gasteiger charge is -2.32. The number of aryl methyl sites for hydroxylation is 12. The van der Waals surface area contributed by atoms with Gasteiger partial charge in [0.2, 0.25) is 5.91 Å². The summed E-state index contributed by atoms with van der Waals surface area (Å²) in [5, 5.41) is 3.08. The number of nitrogens with one attached hydrogen (secondary N) is 1. The maximum absolute atomic E-state index is 13.3. The van der Waals surface area contributed by atoms with Crippen LogP contribution in [0.4, 0.5) is 17.1 Å². The van der Waals surface area contributed by atoms with Crippen LogP contribution in [0.15, 0.2) is 114 Å². The molecule has 0 bridgehead atoms. The molecule has 108 heavy (non-hydrogen) atoms. The Hall–Kier alpha value is -9.18. The monoisotopic (exact) mass is 1530 g/mol. The van der Waals surface area contributed by atoms with Crippen LogP contribution in [-0.2, 0) is 47.6 Å². The second-order valence-electron chi connectivity index (χ2n) is 32.0. The Morgan fingerprint density at radius 2 is 0.556 bits per heavy atom. The lowest BCUT2D eigenvalue weighted by atomic mass is 9.81. The summed E-state index contributed by atoms with van der Waals surface area (Å²) >= 11 is 3.77. The topological polar surface area (TPSA) is 188 Å². The predicted molar refractivity (Wildman–Crippen MR) is 450 cm³/mol. The van der Waals surface area contributed by atoms with E-state index in [9.17, 15) is 19.2 Å². The summed E-state index contributed by atoms with van der Waals surface area (Å²) < 4.78 is 35.3. The van der Waals surface area contributed by atoms with Crippen LogP contribution < -0.4 is 16.8 Å². The van der Waals surface area contributed by atoms with Crippen LogP contribution in [-0.4, -0.2) is 61.9 Å². The fourth-order valence-electron chi connectivity index (χ4n) is 13.9. The highest BCUT2D eigenvalue weighted by Crippen LogP contribution is 2.52. The van der Waals surface area contributed by atoms with E-state index in [2.05, 4.69) is 234 Å². The van der Waals surface area contributed by atoms with Crippen molar-refractivity contribution in [3.05, 3.63) is 225 Å². The summed E-state index contributed by atoms with van der Waals surface area (Å²) in [5.41, 5.74) is 46.5. The predicted octanol–water partition coefficient (Wildman–Crippen LogP) is 23.3. The molecule has 574 valence electrons. The fourth-order valence-corrected chi connectivity index (χ4v) is 14.5. The molecule has 9 aromatic rings. The van der Waals surface area contributed by atoms with Crippen LogP contribution >= 0.6 is 15.9 Å². The smallest absolute Gasteiger partial charge is 0.339 e. The van der Waals surface area contributed by atoms with E-state index in [1.54, 1.807) is 0 Å². The van der Waals surface area contributed by atoms with Crippen LogP contribution in [0.3, 0.4) is 0 Å². The number of ether oxygens (including phenoxy) is 6. The van der Waals surface area contributed by atoms with E-state index in [4.69, 9.17) is 39.9 Å². The average molecular weight is 1530 g/mol. The second-order valence-corrected chi connectivity index (χ2v) is 32.8. The van der Waals surface area contributed by atoms with Crippen molar-refractivity contribution in [2.45, 2.75) is 222 Å². The number of nitrogen functional groups attached to an aromatic ring is 2. The van der Waals surface area contributed by atoms with Crippen molar-refractivity contribution in [3.63, 3.8) is 0 Å². The summed E-state index contributed by atoms with van der Waals surface area (Å²) in [6.07, 6.45) is -2.86. The van der Waals surface area contributed by atoms with Gasteiger partial charge in [-0.2, -0.15) is 0 Å². The molecule has 14 heteroatoms. The fraction of sp³-hybridized carbons (Fsp3) is 0.383. The van der Waals surface area contributed by atoms with Crippen molar-refractivity contribution in [1.82, 2.24) is 0 Å². The molecule has 3 atom stereocenters. The Kier molecular flexibility index (Phi) is 27.6. The van der Waals surface area contributed by atoms with Gasteiger partial charge in [0.15, 0.2) is 18.3 Å². The number of amides is 1. The van der Waals surface area contributed by atoms with E-state index in [-0.39, 0.29) is 5.91 Å². The molecular weight excluding hydrogens is 1410 g/mol. The summed E-state index contributed by atoms with van der Waals surface area (Å²) in [7, 11) is 4.15. The van der Waals surface area contributed by atoms with Gasteiger partial charge in [0.05, 0.1) is 49.5 Å². The van der Waals surface area contributed by atoms with Gasteiger partial charge in [-0.3, -0.25) is 4.79 Å². The summed E-state index contributed by atoms with van der Waals surface area (Å²) in [6.45, 7) is 54.1. The highest BCUT2D eigenvalue weighted by atomic mass is 79.9. The summed E-state index contributed by atoms with van der Waals surface area (Å²) in [6, 6.07) is 38.2. The third-order valence-corrected chi connectivity index (χ3v) is 21.3. The van der Waals surface area contributed by atoms with Crippen molar-refractivity contribution < 1.29 is 47.6 Å². The standard InChI is InChI=1S/C33H41NO4.C31H39NO3.C30H36BrNO3/c1-18-12-14-25(16-20(18)3)27-22(5)28(26-15-13-19(2)21(4)17-26)30(34-24(7)35)23(6)29(27)31(32(36)37-11)38-33(8,9)10;1-17-11-13-23(15-19(17)3)25-21(5)26(24-14-12-18(2)20(4)16-24)28(32)22(6)27(25)29(30(33)34-10)35-31(7,8)9;1-16-10-12-21(14-18(16)3)23-20(5)24(22-13-11-17(2)19(4)15-22)27(32)26(31)25(23)28(29(33)34-9)35-30(6,7)8/h12-17,31H,1-11H3,(H,34,35);11-16,29H,32H2,1-10H3;10-15,28H,32H2,1-9H3. The minimum absolute atomic E-state index is 0.186. The molecule has 0 spiro atoms. The number of carbonyl (C=O) groups is 4. The maximum atomic E-state index is 13.3. The third-order valence-electron chi connectivity index (χ3n) is 20.4. The van der Waals surface area contributed by atoms with E-state index >= 15 is 0 Å². The third kappa shape index (κ3) is 19.4. The van der Waals surface area contributed by atoms with E-state index in [0.717, 1.165) is 111 Å². The quantitative estimate of drug-likeness (QED) is 0.0473. The highest BCUT2D eigenvalue weighted by Gasteiger charge is 2.39. The minimum atomic E-state index is -0.989. The van der Waals surface area contributed by atoms with Crippen LogP contribution in [0, 0.1) is 118 Å². The van der Waals surface area contributed by atoms with Gasteiger partial charge in [-0.1, -0.05) is 109 Å². The number of anilines is 3. The highest BCUT2D eigenvalue weighted by molar-refractivity contribution is 9.10. The molecule has 1 amide bonds. The second kappa shape index (κ2) is 34.6. The molecule has 0 aliphatic rings. The number of methoxy groups -OCH3 is 3. The first-order valence-corrected chi connectivity index (χ1v) is 37.7. The Balaban J connectivity index is 0.000000226. The number of hydrogen-bond donors (Lipinski definition) is 3. The van der Waals surface area contributed by atoms with Crippen LogP contribution in [0.25, 0.3) is 66.8 Å². The molecule has 13 nitrogen and oxygen atoms in total. The van der Waals surface area contributed by atoms with Crippen LogP contribution in [0.2, 0.25) is 0 Å². The summed E-state index contributed by atoms with van der Waals surface area (Å²) in [4.78, 5) is 52.0. The minimum Gasteiger partial charge on any atom is -0.467 e. The van der Waals surface area contributed by atoms with E-state index in [1.807, 2.05) is 76.2 Å². The number of rotatable bonds is 16. The Bertz CT molecular complexity index is 4740. The molecule has 0 fully saturated rings. The number of benzene rings is 9. The lowest BCUT2D eigenvalue weighted by molar-refractivity contribution is -0.164. The molecule has 3 unspecified atom stereocenters. The van der Waals surface area contributed by atoms with Gasteiger partial charge in [-0.15, -0.1) is 0 Å². The number of nitrogens with two attached hydrogens (primary N) is 2. The van der Waals surface area contributed by atoms with Gasteiger partial charge in [-0.05, 0) is 341 Å². The molecule has 0 aliphatic carbocycles. The van der Waals surface area contributed by atoms with Crippen molar-refractivity contribution >= 4 is 56.8 Å². The molecule has 9 rings (SSSR count). The molecular formula is C94H116BrN3O10. The van der Waals surface area contributed by atoms with Gasteiger partial charge >= 0.3 is 17.9 Å². The summed E-state index contributed by atoms with van der Waals surface area (Å²) in [5.74, 6) is -1.58. The maximum Gasteiger partial charge on any atom is 0.339 e. The first-order valence-electron chi connectivity index (χ1n) is 36.9. The van der Waals surface area contributed by atoms with Crippen LogP contribution in [0.1, 0.15) is 199 Å². The molecule has 0 radical (unpaired) electrons. The van der Waals surface area contributed by atoms with Gasteiger partial charge in [0.1, 0.15) is 0 Å². The number of carbonyl (C=O) groups excluding carboxylic acids is 4. The number of esters is 3. The molecule has 0 heterocycles. The van der Waals surface area contributed by atoms with Crippen molar-refractivity contribution in [1.29, 1.82) is 0 Å². The average Bonchev–Trinajstić information content (AvgIpc) is 0.752. The van der Waals surface area contributed by atoms with Crippen molar-refractivity contribution in [2.75, 3.05) is 38.1 Å². The largest absolute Gasteiger partial charge is 0.467 e. The van der Waals surface area contributed by atoms with Crippen molar-refractivity contribution in [3.8, 4) is 66.8 Å². The molecule has 5 N–H and O–H groups in total. The SMILES string of the molecule is COC(=O)C(OC(C)(C)C)c1c(Br)c(N)c(-c2ccc(C)c(C)c2)c(C)c1-c1ccc(C)c(C)c1.COC(=O)C(OC(C)(C)C)c1c(C)c(N)c(-c2ccc(C)c(C)c2)c(C)c1-c1ccc(C)c(C)c1.COC(=O)C(OC(C)(C)C)c1c(C)c(NC(C)=O)c(-c2ccc(C)c(C)c2)c(C)c1-c1ccc(C)c(C)c1. The van der Waals surface area contributed by atoms with Gasteiger partial charge in [-0.25, -0.2) is 14.4 Å². The lowest BCUT2D eigenvalue weighted by Crippen LogP contribution is -2.29. The van der Waals surface area contributed by atoms with E-state index in [1.165, 1.54) is 83.9 Å².